The van der Waals surface area contributed by atoms with E-state index in [9.17, 15) is 26.0 Å². The SMILES string of the molecule is CNC(=O)CS(=O)(=O)C1CCN(S(=O)(=O)c2cc(F)ccc2OC)CC1. The number of benzene rings is 1. The Balaban J connectivity index is 2.17. The predicted molar refractivity (Wildman–Crippen MR) is 92.6 cm³/mol. The number of amides is 1. The Morgan fingerprint density at radius 1 is 1.27 bits per heavy atom. The van der Waals surface area contributed by atoms with Gasteiger partial charge in [0.15, 0.2) is 9.84 Å². The van der Waals surface area contributed by atoms with Crippen LogP contribution in [0.3, 0.4) is 0 Å². The smallest absolute Gasteiger partial charge is 0.246 e. The van der Waals surface area contributed by atoms with Crippen LogP contribution in [0.15, 0.2) is 23.1 Å². The van der Waals surface area contributed by atoms with Gasteiger partial charge in [-0.25, -0.2) is 21.2 Å². The van der Waals surface area contributed by atoms with E-state index in [2.05, 4.69) is 5.32 Å². The van der Waals surface area contributed by atoms with Gasteiger partial charge in [0.25, 0.3) is 0 Å². The van der Waals surface area contributed by atoms with Crippen molar-refractivity contribution in [3.05, 3.63) is 24.0 Å². The number of carbonyl (C=O) groups is 1. The highest BCUT2D eigenvalue weighted by molar-refractivity contribution is 7.92. The number of nitrogens with zero attached hydrogens (tertiary/aromatic N) is 1. The second-order valence-electron chi connectivity index (χ2n) is 5.88. The van der Waals surface area contributed by atoms with E-state index in [1.54, 1.807) is 0 Å². The van der Waals surface area contributed by atoms with Crippen molar-refractivity contribution < 1.29 is 30.8 Å². The van der Waals surface area contributed by atoms with Crippen LogP contribution in [0.5, 0.6) is 5.75 Å². The summed E-state index contributed by atoms with van der Waals surface area (Å²) in [6.07, 6.45) is 0.131. The summed E-state index contributed by atoms with van der Waals surface area (Å²) in [6.45, 7) is -0.0840. The van der Waals surface area contributed by atoms with Crippen LogP contribution in [0.2, 0.25) is 0 Å². The molecule has 0 bridgehead atoms. The molecule has 11 heteroatoms. The van der Waals surface area contributed by atoms with Crippen LogP contribution in [-0.4, -0.2) is 65.3 Å². The zero-order valence-electron chi connectivity index (χ0n) is 14.4. The fourth-order valence-electron chi connectivity index (χ4n) is 2.80. The van der Waals surface area contributed by atoms with Gasteiger partial charge in [-0.15, -0.1) is 0 Å². The molecule has 0 aliphatic carbocycles. The van der Waals surface area contributed by atoms with Gasteiger partial charge in [-0.1, -0.05) is 0 Å². The van der Waals surface area contributed by atoms with E-state index in [1.807, 2.05) is 0 Å². The molecule has 1 heterocycles. The highest BCUT2D eigenvalue weighted by Crippen LogP contribution is 2.30. The summed E-state index contributed by atoms with van der Waals surface area (Å²) < 4.78 is 69.6. The van der Waals surface area contributed by atoms with Gasteiger partial charge in [-0.05, 0) is 31.0 Å². The minimum atomic E-state index is -4.03. The van der Waals surface area contributed by atoms with Crippen molar-refractivity contribution in [3.8, 4) is 5.75 Å². The summed E-state index contributed by atoms with van der Waals surface area (Å²) in [5.41, 5.74) is 0. The molecule has 0 saturated carbocycles. The van der Waals surface area contributed by atoms with Crippen molar-refractivity contribution >= 4 is 25.8 Å². The number of sulfonamides is 1. The molecule has 0 atom stereocenters. The number of rotatable bonds is 6. The first-order chi connectivity index (χ1) is 12.1. The lowest BCUT2D eigenvalue weighted by Crippen LogP contribution is -2.44. The first-order valence-electron chi connectivity index (χ1n) is 7.87. The summed E-state index contributed by atoms with van der Waals surface area (Å²) in [7, 11) is -5.07. The molecular formula is C15H21FN2O6S2. The second-order valence-corrected chi connectivity index (χ2v) is 10.1. The number of carbonyl (C=O) groups excluding carboxylic acids is 1. The molecule has 1 N–H and O–H groups in total. The first kappa shape index (κ1) is 20.6. The first-order valence-corrected chi connectivity index (χ1v) is 11.0. The summed E-state index contributed by atoms with van der Waals surface area (Å²) in [4.78, 5) is 11.0. The molecular weight excluding hydrogens is 387 g/mol. The monoisotopic (exact) mass is 408 g/mol. The number of ether oxygens (including phenoxy) is 1. The van der Waals surface area contributed by atoms with Gasteiger partial charge in [-0.3, -0.25) is 4.79 Å². The van der Waals surface area contributed by atoms with E-state index in [0.717, 1.165) is 16.4 Å². The van der Waals surface area contributed by atoms with Crippen LogP contribution in [0.4, 0.5) is 4.39 Å². The molecule has 1 fully saturated rings. The van der Waals surface area contributed by atoms with Crippen LogP contribution in [0.25, 0.3) is 0 Å². The summed E-state index contributed by atoms with van der Waals surface area (Å²) in [6, 6.07) is 3.20. The Kier molecular flexibility index (Phi) is 6.25. The molecule has 26 heavy (non-hydrogen) atoms. The van der Waals surface area contributed by atoms with Crippen LogP contribution in [0.1, 0.15) is 12.8 Å². The van der Waals surface area contributed by atoms with Gasteiger partial charge in [0.05, 0.1) is 12.4 Å². The summed E-state index contributed by atoms with van der Waals surface area (Å²) in [5, 5.41) is 1.47. The maximum atomic E-state index is 13.5. The molecule has 1 saturated heterocycles. The van der Waals surface area contributed by atoms with E-state index in [1.165, 1.54) is 20.2 Å². The minimum Gasteiger partial charge on any atom is -0.495 e. The van der Waals surface area contributed by atoms with E-state index >= 15 is 0 Å². The van der Waals surface area contributed by atoms with Crippen molar-refractivity contribution in [3.63, 3.8) is 0 Å². The molecule has 0 unspecified atom stereocenters. The third-order valence-corrected chi connectivity index (χ3v) is 8.33. The average Bonchev–Trinajstić information content (AvgIpc) is 2.61. The normalized spacial score (nSPS) is 17.0. The van der Waals surface area contributed by atoms with Gasteiger partial charge >= 0.3 is 0 Å². The lowest BCUT2D eigenvalue weighted by molar-refractivity contribution is -0.118. The Morgan fingerprint density at radius 3 is 2.42 bits per heavy atom. The van der Waals surface area contributed by atoms with Crippen molar-refractivity contribution in [1.29, 1.82) is 0 Å². The molecule has 1 amide bonds. The van der Waals surface area contributed by atoms with Crippen molar-refractivity contribution in [2.45, 2.75) is 23.0 Å². The number of nitrogens with one attached hydrogen (secondary N) is 1. The number of methoxy groups -OCH3 is 1. The Hall–Kier alpha value is -1.72. The standard InChI is InChI=1S/C15H21FN2O6S2/c1-17-15(19)10-25(20,21)12-5-7-18(8-6-12)26(22,23)14-9-11(16)3-4-13(14)24-2/h3-4,9,12H,5-8,10H2,1-2H3,(H,17,19). The molecule has 1 aromatic carbocycles. The van der Waals surface area contributed by atoms with Crippen LogP contribution in [0, 0.1) is 5.82 Å². The van der Waals surface area contributed by atoms with Gasteiger partial charge in [0.1, 0.15) is 22.2 Å². The quantitative estimate of drug-likeness (QED) is 0.717. The lowest BCUT2D eigenvalue weighted by atomic mass is 10.2. The average molecular weight is 408 g/mol. The molecule has 0 radical (unpaired) electrons. The third kappa shape index (κ3) is 4.33. The van der Waals surface area contributed by atoms with Crippen LogP contribution >= 0.6 is 0 Å². The molecule has 8 nitrogen and oxygen atoms in total. The van der Waals surface area contributed by atoms with Crippen LogP contribution in [-0.2, 0) is 24.7 Å². The molecule has 1 aromatic rings. The molecule has 1 aliphatic heterocycles. The molecule has 0 spiro atoms. The number of hydrogen-bond acceptors (Lipinski definition) is 6. The van der Waals surface area contributed by atoms with Gasteiger partial charge in [0, 0.05) is 20.1 Å². The summed E-state index contributed by atoms with van der Waals surface area (Å²) in [5.74, 6) is -1.93. The topological polar surface area (TPSA) is 110 Å². The maximum absolute atomic E-state index is 13.5. The van der Waals surface area contributed by atoms with Gasteiger partial charge < -0.3 is 10.1 Å². The lowest BCUT2D eigenvalue weighted by Gasteiger charge is -2.31. The van der Waals surface area contributed by atoms with Crippen molar-refractivity contribution in [1.82, 2.24) is 9.62 Å². The largest absolute Gasteiger partial charge is 0.495 e. The van der Waals surface area contributed by atoms with E-state index in [-0.39, 0.29) is 36.6 Å². The van der Waals surface area contributed by atoms with E-state index in [0.29, 0.717) is 0 Å². The Labute approximate surface area is 152 Å². The maximum Gasteiger partial charge on any atom is 0.246 e. The molecule has 1 aliphatic rings. The molecule has 146 valence electrons. The predicted octanol–water partition coefficient (Wildman–Crippen LogP) is 0.148. The fourth-order valence-corrected chi connectivity index (χ4v) is 6.11. The number of piperidine rings is 1. The van der Waals surface area contributed by atoms with Crippen molar-refractivity contribution in [2.24, 2.45) is 0 Å². The zero-order chi connectivity index (χ0) is 19.5. The Bertz CT molecular complexity index is 877. The zero-order valence-corrected chi connectivity index (χ0v) is 16.1. The molecule has 2 rings (SSSR count). The highest BCUT2D eigenvalue weighted by Gasteiger charge is 2.36. The van der Waals surface area contributed by atoms with Gasteiger partial charge in [-0.2, -0.15) is 4.31 Å². The number of halogens is 1. The van der Waals surface area contributed by atoms with E-state index < -0.39 is 42.6 Å². The highest BCUT2D eigenvalue weighted by atomic mass is 32.2. The Morgan fingerprint density at radius 2 is 1.88 bits per heavy atom. The fraction of sp³-hybridized carbons (Fsp3) is 0.533. The minimum absolute atomic E-state index is 0.0146. The van der Waals surface area contributed by atoms with Crippen LogP contribution < -0.4 is 10.1 Å². The van der Waals surface area contributed by atoms with E-state index in [4.69, 9.17) is 4.74 Å². The third-order valence-electron chi connectivity index (χ3n) is 4.26. The number of hydrogen-bond donors (Lipinski definition) is 1. The van der Waals surface area contributed by atoms with Crippen molar-refractivity contribution in [2.75, 3.05) is 33.0 Å². The second kappa shape index (κ2) is 7.89. The number of sulfone groups is 1. The molecule has 0 aromatic heterocycles. The summed E-state index contributed by atoms with van der Waals surface area (Å²) >= 11 is 0. The van der Waals surface area contributed by atoms with Gasteiger partial charge in [0.2, 0.25) is 15.9 Å².